The van der Waals surface area contributed by atoms with Gasteiger partial charge in [-0.2, -0.15) is 5.10 Å². The predicted molar refractivity (Wildman–Crippen MR) is 125 cm³/mol. The van der Waals surface area contributed by atoms with Crippen LogP contribution < -0.4 is 10.9 Å². The van der Waals surface area contributed by atoms with Crippen molar-refractivity contribution in [3.63, 3.8) is 0 Å². The molecule has 2 heterocycles. The Kier molecular flexibility index (Phi) is 5.74. The summed E-state index contributed by atoms with van der Waals surface area (Å²) in [4.78, 5) is 22.0. The standard InChI is InChI=1S/C25H26FN5O/c1-16(31-24(32)21-8-6-5-7-18(21)14-28-31)22-13-23(30-17(2)29-22)27-15-25(3,4)19-9-11-20(26)12-10-19/h5-14,16H,15H2,1-4H3,(H,27,29,30)/t16-/m0/s1. The van der Waals surface area contributed by atoms with Crippen LogP contribution in [0.25, 0.3) is 10.8 Å². The fraction of sp³-hybridized carbons (Fsp3) is 0.280. The Balaban J connectivity index is 1.59. The van der Waals surface area contributed by atoms with Crippen molar-refractivity contribution in [2.75, 3.05) is 11.9 Å². The number of benzene rings is 2. The lowest BCUT2D eigenvalue weighted by molar-refractivity contribution is 0.523. The molecule has 0 amide bonds. The molecule has 0 aliphatic carbocycles. The Labute approximate surface area is 186 Å². The molecule has 2 aromatic carbocycles. The lowest BCUT2D eigenvalue weighted by Crippen LogP contribution is -2.29. The summed E-state index contributed by atoms with van der Waals surface area (Å²) in [6, 6.07) is 15.4. The third-order valence-electron chi connectivity index (χ3n) is 5.71. The topological polar surface area (TPSA) is 72.7 Å². The number of hydrogen-bond donors (Lipinski definition) is 1. The van der Waals surface area contributed by atoms with E-state index in [1.807, 2.05) is 38.1 Å². The van der Waals surface area contributed by atoms with Crippen molar-refractivity contribution >= 4 is 16.6 Å². The van der Waals surface area contributed by atoms with Crippen molar-refractivity contribution in [2.24, 2.45) is 0 Å². The molecule has 4 rings (SSSR count). The molecule has 0 bridgehead atoms. The number of halogens is 1. The highest BCUT2D eigenvalue weighted by atomic mass is 19.1. The first-order valence-corrected chi connectivity index (χ1v) is 10.6. The first-order valence-electron chi connectivity index (χ1n) is 10.6. The lowest BCUT2D eigenvalue weighted by atomic mass is 9.84. The highest BCUT2D eigenvalue weighted by molar-refractivity contribution is 5.80. The van der Waals surface area contributed by atoms with Crippen LogP contribution in [-0.4, -0.2) is 26.3 Å². The SMILES string of the molecule is Cc1nc(NCC(C)(C)c2ccc(F)cc2)cc([C@H](C)n2ncc3ccccc3c2=O)n1. The maximum absolute atomic E-state index is 13.3. The summed E-state index contributed by atoms with van der Waals surface area (Å²) < 4.78 is 14.7. The van der Waals surface area contributed by atoms with Gasteiger partial charge in [0.15, 0.2) is 0 Å². The van der Waals surface area contributed by atoms with Crippen LogP contribution in [0.15, 0.2) is 65.6 Å². The van der Waals surface area contributed by atoms with Crippen LogP contribution >= 0.6 is 0 Å². The third-order valence-corrected chi connectivity index (χ3v) is 5.71. The van der Waals surface area contributed by atoms with Crippen LogP contribution in [0.5, 0.6) is 0 Å². The zero-order valence-electron chi connectivity index (χ0n) is 18.6. The van der Waals surface area contributed by atoms with Gasteiger partial charge in [-0.25, -0.2) is 19.0 Å². The van der Waals surface area contributed by atoms with Crippen molar-refractivity contribution in [1.82, 2.24) is 19.7 Å². The quantitative estimate of drug-likeness (QED) is 0.482. The fourth-order valence-electron chi connectivity index (χ4n) is 3.72. The van der Waals surface area contributed by atoms with Gasteiger partial charge >= 0.3 is 0 Å². The van der Waals surface area contributed by atoms with E-state index in [4.69, 9.17) is 0 Å². The number of nitrogens with zero attached hydrogens (tertiary/aromatic N) is 4. The van der Waals surface area contributed by atoms with Crippen molar-refractivity contribution in [3.8, 4) is 0 Å². The molecular formula is C25H26FN5O. The van der Waals surface area contributed by atoms with Gasteiger partial charge in [0, 0.05) is 23.4 Å². The van der Waals surface area contributed by atoms with E-state index in [0.29, 0.717) is 29.3 Å². The average molecular weight is 432 g/mol. The Bertz CT molecular complexity index is 1310. The molecule has 0 saturated heterocycles. The van der Waals surface area contributed by atoms with E-state index in [2.05, 4.69) is 34.2 Å². The van der Waals surface area contributed by atoms with Gasteiger partial charge in [0.05, 0.1) is 23.3 Å². The highest BCUT2D eigenvalue weighted by Gasteiger charge is 2.21. The number of aromatic nitrogens is 4. The van der Waals surface area contributed by atoms with Crippen molar-refractivity contribution in [3.05, 3.63) is 94.0 Å². The third kappa shape index (κ3) is 4.37. The summed E-state index contributed by atoms with van der Waals surface area (Å²) in [6.45, 7) is 8.49. The number of hydrogen-bond acceptors (Lipinski definition) is 5. The average Bonchev–Trinajstić information content (AvgIpc) is 2.78. The molecule has 164 valence electrons. The molecular weight excluding hydrogens is 405 g/mol. The second-order valence-corrected chi connectivity index (χ2v) is 8.63. The number of fused-ring (bicyclic) bond motifs is 1. The molecule has 6 nitrogen and oxygen atoms in total. The van der Waals surface area contributed by atoms with Crippen LogP contribution in [0.3, 0.4) is 0 Å². The van der Waals surface area contributed by atoms with Crippen LogP contribution in [0, 0.1) is 12.7 Å². The predicted octanol–water partition coefficient (Wildman–Crippen LogP) is 4.63. The van der Waals surface area contributed by atoms with Gasteiger partial charge in [0.2, 0.25) is 0 Å². The highest BCUT2D eigenvalue weighted by Crippen LogP contribution is 2.25. The van der Waals surface area contributed by atoms with E-state index >= 15 is 0 Å². The van der Waals surface area contributed by atoms with Crippen LogP contribution in [0.1, 0.15) is 43.9 Å². The van der Waals surface area contributed by atoms with Crippen molar-refractivity contribution in [1.29, 1.82) is 0 Å². The lowest BCUT2D eigenvalue weighted by Gasteiger charge is -2.26. The van der Waals surface area contributed by atoms with Gasteiger partial charge in [0.25, 0.3) is 5.56 Å². The summed E-state index contributed by atoms with van der Waals surface area (Å²) in [6.07, 6.45) is 1.70. The molecule has 0 fully saturated rings. The van der Waals surface area contributed by atoms with Gasteiger partial charge < -0.3 is 5.32 Å². The second kappa shape index (κ2) is 8.49. The molecule has 0 saturated carbocycles. The molecule has 7 heteroatoms. The molecule has 0 spiro atoms. The van der Waals surface area contributed by atoms with Crippen LogP contribution in [0.4, 0.5) is 10.2 Å². The van der Waals surface area contributed by atoms with E-state index in [1.54, 1.807) is 24.4 Å². The Morgan fingerprint density at radius 1 is 1.09 bits per heavy atom. The molecule has 1 N–H and O–H groups in total. The largest absolute Gasteiger partial charge is 0.369 e. The maximum Gasteiger partial charge on any atom is 0.275 e. The minimum absolute atomic E-state index is 0.154. The molecule has 0 aliphatic rings. The van der Waals surface area contributed by atoms with E-state index in [0.717, 1.165) is 10.9 Å². The van der Waals surface area contributed by atoms with E-state index < -0.39 is 0 Å². The van der Waals surface area contributed by atoms with Crippen LogP contribution in [0.2, 0.25) is 0 Å². The number of aryl methyl sites for hydroxylation is 1. The van der Waals surface area contributed by atoms with Gasteiger partial charge in [-0.1, -0.05) is 44.2 Å². The molecule has 0 radical (unpaired) electrons. The molecule has 1 atom stereocenters. The number of anilines is 1. The second-order valence-electron chi connectivity index (χ2n) is 8.63. The zero-order chi connectivity index (χ0) is 22.9. The summed E-state index contributed by atoms with van der Waals surface area (Å²) in [5, 5.41) is 9.18. The summed E-state index contributed by atoms with van der Waals surface area (Å²) in [5.41, 5.74) is 1.33. The Morgan fingerprint density at radius 3 is 2.56 bits per heavy atom. The van der Waals surface area contributed by atoms with Gasteiger partial charge in [-0.3, -0.25) is 4.79 Å². The van der Waals surface area contributed by atoms with Gasteiger partial charge in [-0.05, 0) is 37.6 Å². The molecule has 0 unspecified atom stereocenters. The summed E-state index contributed by atoms with van der Waals surface area (Å²) >= 11 is 0. The van der Waals surface area contributed by atoms with E-state index in [9.17, 15) is 9.18 Å². The van der Waals surface area contributed by atoms with Crippen molar-refractivity contribution in [2.45, 2.75) is 39.2 Å². The zero-order valence-corrected chi connectivity index (χ0v) is 18.6. The Morgan fingerprint density at radius 2 is 1.81 bits per heavy atom. The maximum atomic E-state index is 13.3. The molecule has 4 aromatic rings. The summed E-state index contributed by atoms with van der Waals surface area (Å²) in [5.74, 6) is 1.02. The van der Waals surface area contributed by atoms with Gasteiger partial charge in [0.1, 0.15) is 17.5 Å². The fourth-order valence-corrected chi connectivity index (χ4v) is 3.72. The van der Waals surface area contributed by atoms with E-state index in [-0.39, 0.29) is 22.8 Å². The Hall–Kier alpha value is -3.61. The molecule has 0 aliphatic heterocycles. The monoisotopic (exact) mass is 431 g/mol. The minimum atomic E-state index is -0.362. The number of nitrogens with one attached hydrogen (secondary N) is 1. The minimum Gasteiger partial charge on any atom is -0.369 e. The first kappa shape index (κ1) is 21.6. The molecule has 32 heavy (non-hydrogen) atoms. The smallest absolute Gasteiger partial charge is 0.275 e. The van der Waals surface area contributed by atoms with E-state index in [1.165, 1.54) is 16.8 Å². The van der Waals surface area contributed by atoms with Crippen LogP contribution in [-0.2, 0) is 5.41 Å². The number of rotatable bonds is 6. The summed E-state index contributed by atoms with van der Waals surface area (Å²) in [7, 11) is 0. The first-order chi connectivity index (χ1) is 15.2. The normalized spacial score (nSPS) is 12.7. The van der Waals surface area contributed by atoms with Crippen molar-refractivity contribution < 1.29 is 4.39 Å². The van der Waals surface area contributed by atoms with Gasteiger partial charge in [-0.15, -0.1) is 0 Å². The molecule has 2 aromatic heterocycles.